The summed E-state index contributed by atoms with van der Waals surface area (Å²) in [5, 5.41) is 13.2. The lowest BCUT2D eigenvalue weighted by Crippen LogP contribution is -2.21. The molecule has 0 amide bonds. The van der Waals surface area contributed by atoms with E-state index >= 15 is 0 Å². The van der Waals surface area contributed by atoms with E-state index in [9.17, 15) is 9.50 Å². The number of hydrogen-bond acceptors (Lipinski definition) is 4. The van der Waals surface area contributed by atoms with Crippen LogP contribution in [0.1, 0.15) is 17.4 Å². The zero-order valence-electron chi connectivity index (χ0n) is 11.6. The molecule has 114 valence electrons. The number of benzene rings is 1. The highest BCUT2D eigenvalue weighted by Gasteiger charge is 2.10. The molecule has 2 aromatic heterocycles. The highest BCUT2D eigenvalue weighted by molar-refractivity contribution is 6.30. The van der Waals surface area contributed by atoms with Gasteiger partial charge in [0.1, 0.15) is 5.82 Å². The number of aliphatic hydroxyl groups is 1. The predicted octanol–water partition coefficient (Wildman–Crippen LogP) is 2.34. The molecule has 0 aliphatic carbocycles. The van der Waals surface area contributed by atoms with E-state index in [1.54, 1.807) is 24.7 Å². The number of rotatable bonds is 5. The van der Waals surface area contributed by atoms with Gasteiger partial charge in [0.15, 0.2) is 5.65 Å². The molecule has 0 aliphatic heterocycles. The van der Waals surface area contributed by atoms with E-state index in [2.05, 4.69) is 15.3 Å². The number of imidazole rings is 1. The molecule has 1 aromatic carbocycles. The van der Waals surface area contributed by atoms with E-state index < -0.39 is 11.9 Å². The molecule has 0 aliphatic rings. The molecule has 7 heteroatoms. The number of hydrogen-bond donors (Lipinski definition) is 2. The number of halogens is 2. The Bertz CT molecular complexity index is 792. The lowest BCUT2D eigenvalue weighted by molar-refractivity contribution is 0.174. The summed E-state index contributed by atoms with van der Waals surface area (Å²) in [6, 6.07) is 4.29. The fourth-order valence-electron chi connectivity index (χ4n) is 2.20. The second-order valence-electron chi connectivity index (χ2n) is 4.87. The van der Waals surface area contributed by atoms with Crippen LogP contribution in [0.3, 0.4) is 0 Å². The van der Waals surface area contributed by atoms with E-state index in [4.69, 9.17) is 11.6 Å². The zero-order valence-corrected chi connectivity index (χ0v) is 12.3. The summed E-state index contributed by atoms with van der Waals surface area (Å²) in [5.41, 5.74) is 2.20. The maximum Gasteiger partial charge on any atom is 0.155 e. The lowest BCUT2D eigenvalue weighted by Gasteiger charge is -2.12. The van der Waals surface area contributed by atoms with Gasteiger partial charge in [0, 0.05) is 25.5 Å². The van der Waals surface area contributed by atoms with Crippen LogP contribution in [0.2, 0.25) is 5.02 Å². The lowest BCUT2D eigenvalue weighted by atomic mass is 10.1. The van der Waals surface area contributed by atoms with Gasteiger partial charge in [0.05, 0.1) is 29.2 Å². The summed E-state index contributed by atoms with van der Waals surface area (Å²) in [6.45, 7) is 0.817. The highest BCUT2D eigenvalue weighted by atomic mass is 35.5. The first-order valence-electron chi connectivity index (χ1n) is 6.75. The number of fused-ring (bicyclic) bond motifs is 1. The van der Waals surface area contributed by atoms with E-state index in [1.165, 1.54) is 12.1 Å². The summed E-state index contributed by atoms with van der Waals surface area (Å²) in [5.74, 6) is -0.535. The quantitative estimate of drug-likeness (QED) is 0.757. The van der Waals surface area contributed by atoms with Crippen LogP contribution >= 0.6 is 11.6 Å². The molecular weight excluding hydrogens is 307 g/mol. The highest BCUT2D eigenvalue weighted by Crippen LogP contribution is 2.20. The van der Waals surface area contributed by atoms with Gasteiger partial charge < -0.3 is 10.4 Å². The molecule has 1 atom stereocenters. The van der Waals surface area contributed by atoms with Gasteiger partial charge in [-0.2, -0.15) is 0 Å². The molecule has 0 bridgehead atoms. The van der Waals surface area contributed by atoms with Crippen LogP contribution < -0.4 is 5.32 Å². The topological polar surface area (TPSA) is 62.5 Å². The van der Waals surface area contributed by atoms with Gasteiger partial charge >= 0.3 is 0 Å². The molecule has 2 heterocycles. The minimum atomic E-state index is -0.812. The first-order chi connectivity index (χ1) is 10.6. The molecule has 22 heavy (non-hydrogen) atoms. The summed E-state index contributed by atoms with van der Waals surface area (Å²) in [7, 11) is 0. The Morgan fingerprint density at radius 1 is 1.36 bits per heavy atom. The van der Waals surface area contributed by atoms with E-state index in [0.29, 0.717) is 18.7 Å². The molecular formula is C15H14ClFN4O. The molecule has 3 rings (SSSR count). The number of aliphatic hydroxyl groups excluding tert-OH is 1. The van der Waals surface area contributed by atoms with Crippen molar-refractivity contribution in [2.24, 2.45) is 0 Å². The van der Waals surface area contributed by atoms with Gasteiger partial charge in [-0.3, -0.25) is 9.38 Å². The second kappa shape index (κ2) is 6.39. The molecule has 0 spiro atoms. The van der Waals surface area contributed by atoms with E-state index in [-0.39, 0.29) is 5.02 Å². The van der Waals surface area contributed by atoms with Gasteiger partial charge in [0.2, 0.25) is 0 Å². The van der Waals surface area contributed by atoms with Crippen molar-refractivity contribution < 1.29 is 9.50 Å². The maximum atomic E-state index is 13.4. The van der Waals surface area contributed by atoms with Crippen molar-refractivity contribution in [3.05, 3.63) is 65.1 Å². The van der Waals surface area contributed by atoms with Crippen LogP contribution in [0.25, 0.3) is 5.65 Å². The van der Waals surface area contributed by atoms with Gasteiger partial charge in [-0.25, -0.2) is 9.37 Å². The van der Waals surface area contributed by atoms with Crippen LogP contribution in [0, 0.1) is 5.82 Å². The Balaban J connectivity index is 1.61. The minimum Gasteiger partial charge on any atom is -0.387 e. The molecule has 2 N–H and O–H groups in total. The average Bonchev–Trinajstić information content (AvgIpc) is 2.93. The fourth-order valence-corrected chi connectivity index (χ4v) is 2.32. The summed E-state index contributed by atoms with van der Waals surface area (Å²) in [4.78, 5) is 8.23. The Kier molecular flexibility index (Phi) is 4.33. The third kappa shape index (κ3) is 3.09. The Hall–Kier alpha value is -2.02. The van der Waals surface area contributed by atoms with Crippen LogP contribution in [0.4, 0.5) is 4.39 Å². The van der Waals surface area contributed by atoms with Crippen molar-refractivity contribution in [3.8, 4) is 0 Å². The number of nitrogens with one attached hydrogen (secondary N) is 1. The second-order valence-corrected chi connectivity index (χ2v) is 5.28. The maximum absolute atomic E-state index is 13.4. The first-order valence-corrected chi connectivity index (χ1v) is 7.12. The summed E-state index contributed by atoms with van der Waals surface area (Å²) in [6.07, 6.45) is 6.12. The van der Waals surface area contributed by atoms with Crippen molar-refractivity contribution in [3.63, 3.8) is 0 Å². The van der Waals surface area contributed by atoms with E-state index in [1.807, 2.05) is 10.6 Å². The van der Waals surface area contributed by atoms with Crippen molar-refractivity contribution >= 4 is 17.2 Å². The van der Waals surface area contributed by atoms with Crippen molar-refractivity contribution in [1.29, 1.82) is 0 Å². The normalized spacial score (nSPS) is 12.7. The zero-order chi connectivity index (χ0) is 15.5. The molecule has 3 aromatic rings. The molecule has 1 unspecified atom stereocenters. The third-order valence-corrected chi connectivity index (χ3v) is 3.67. The van der Waals surface area contributed by atoms with Gasteiger partial charge in [-0.15, -0.1) is 0 Å². The minimum absolute atomic E-state index is 0.0447. The molecule has 5 nitrogen and oxygen atoms in total. The van der Waals surface area contributed by atoms with Crippen LogP contribution in [-0.4, -0.2) is 26.0 Å². The molecule has 0 saturated heterocycles. The predicted molar refractivity (Wildman–Crippen MR) is 81.1 cm³/mol. The van der Waals surface area contributed by atoms with Crippen molar-refractivity contribution in [2.45, 2.75) is 12.6 Å². The SMILES string of the molecule is OC(CNCc1cnc2cnccn12)c1ccc(Cl)c(F)c1. The third-order valence-electron chi connectivity index (χ3n) is 3.37. The largest absolute Gasteiger partial charge is 0.387 e. The Morgan fingerprint density at radius 3 is 3.05 bits per heavy atom. The van der Waals surface area contributed by atoms with Crippen molar-refractivity contribution in [1.82, 2.24) is 19.7 Å². The van der Waals surface area contributed by atoms with Crippen molar-refractivity contribution in [2.75, 3.05) is 6.54 Å². The van der Waals surface area contributed by atoms with Crippen LogP contribution in [-0.2, 0) is 6.54 Å². The van der Waals surface area contributed by atoms with Gasteiger partial charge in [0.25, 0.3) is 0 Å². The fraction of sp³-hybridized carbons (Fsp3) is 0.200. The molecule has 0 radical (unpaired) electrons. The van der Waals surface area contributed by atoms with Crippen LogP contribution in [0.5, 0.6) is 0 Å². The number of aromatic nitrogens is 3. The average molecular weight is 321 g/mol. The van der Waals surface area contributed by atoms with Crippen LogP contribution in [0.15, 0.2) is 43.0 Å². The standard InChI is InChI=1S/C15H14ClFN4O/c16-12-2-1-10(5-13(12)17)14(22)8-19-6-11-7-20-15-9-18-3-4-21(11)15/h1-5,7,9,14,19,22H,6,8H2. The first kappa shape index (κ1) is 14.9. The smallest absolute Gasteiger partial charge is 0.155 e. The Labute approximate surface area is 131 Å². The monoisotopic (exact) mass is 320 g/mol. The van der Waals surface area contributed by atoms with E-state index in [0.717, 1.165) is 11.3 Å². The number of nitrogens with zero attached hydrogens (tertiary/aromatic N) is 3. The van der Waals surface area contributed by atoms with Gasteiger partial charge in [-0.1, -0.05) is 17.7 Å². The molecule has 0 saturated carbocycles. The van der Waals surface area contributed by atoms with Gasteiger partial charge in [-0.05, 0) is 17.7 Å². The molecule has 0 fully saturated rings. The summed E-state index contributed by atoms with van der Waals surface area (Å²) < 4.78 is 15.3. The Morgan fingerprint density at radius 2 is 2.23 bits per heavy atom. The summed E-state index contributed by atoms with van der Waals surface area (Å²) >= 11 is 5.63.